The number of amides is 2. The number of hydrogen-bond acceptors (Lipinski definition) is 5. The zero-order chi connectivity index (χ0) is 20.4. The third-order valence-electron chi connectivity index (χ3n) is 5.32. The molecule has 7 heteroatoms. The van der Waals surface area contributed by atoms with E-state index in [0.717, 1.165) is 36.0 Å². The summed E-state index contributed by atoms with van der Waals surface area (Å²) in [4.78, 5) is 37.7. The Labute approximate surface area is 172 Å². The molecule has 1 aliphatic rings. The number of aryl methyl sites for hydroxylation is 2. The van der Waals surface area contributed by atoms with E-state index in [0.29, 0.717) is 24.2 Å². The summed E-state index contributed by atoms with van der Waals surface area (Å²) in [5.74, 6) is -0.406. The van der Waals surface area contributed by atoms with Crippen LogP contribution in [0.4, 0.5) is 0 Å². The summed E-state index contributed by atoms with van der Waals surface area (Å²) in [7, 11) is 1.80. The first kappa shape index (κ1) is 19.5. The molecular formula is C22H23N3O3S. The van der Waals surface area contributed by atoms with Crippen molar-refractivity contribution in [2.24, 2.45) is 7.05 Å². The minimum Gasteiger partial charge on any atom is -0.315 e. The molecule has 0 fully saturated rings. The third kappa shape index (κ3) is 3.88. The van der Waals surface area contributed by atoms with Crippen LogP contribution in [-0.2, 0) is 13.5 Å². The number of hydrogen-bond donors (Lipinski definition) is 1. The van der Waals surface area contributed by atoms with Gasteiger partial charge < -0.3 is 9.88 Å². The number of carbonyl (C=O) groups is 2. The van der Waals surface area contributed by atoms with Crippen molar-refractivity contribution in [1.82, 2.24) is 14.8 Å². The van der Waals surface area contributed by atoms with Crippen LogP contribution in [0, 0.1) is 0 Å². The first-order chi connectivity index (χ1) is 14.1. The Morgan fingerprint density at radius 2 is 1.66 bits per heavy atom. The molecule has 1 aromatic heterocycles. The van der Waals surface area contributed by atoms with Gasteiger partial charge in [-0.15, -0.1) is 0 Å². The second kappa shape index (κ2) is 8.31. The third-order valence-corrected chi connectivity index (χ3v) is 6.31. The van der Waals surface area contributed by atoms with Gasteiger partial charge in [-0.1, -0.05) is 29.5 Å². The fourth-order valence-corrected chi connectivity index (χ4v) is 4.61. The Kier molecular flexibility index (Phi) is 5.60. The van der Waals surface area contributed by atoms with E-state index >= 15 is 0 Å². The Bertz CT molecular complexity index is 1100. The van der Waals surface area contributed by atoms with Gasteiger partial charge in [0.1, 0.15) is 0 Å². The van der Waals surface area contributed by atoms with Crippen LogP contribution in [-0.4, -0.2) is 40.9 Å². The topological polar surface area (TPSA) is 71.4 Å². The molecule has 0 unspecified atom stereocenters. The predicted octanol–water partition coefficient (Wildman–Crippen LogP) is 2.81. The van der Waals surface area contributed by atoms with Crippen molar-refractivity contribution < 1.29 is 9.59 Å². The number of rotatable bonds is 8. The molecule has 1 N–H and O–H groups in total. The summed E-state index contributed by atoms with van der Waals surface area (Å²) in [6.07, 6.45) is 3.00. The molecule has 2 amide bonds. The second-order valence-corrected chi connectivity index (χ2v) is 8.24. The van der Waals surface area contributed by atoms with Crippen LogP contribution in [0.15, 0.2) is 47.3 Å². The van der Waals surface area contributed by atoms with Crippen LogP contribution < -0.4 is 10.2 Å². The van der Waals surface area contributed by atoms with Crippen LogP contribution in [0.3, 0.4) is 0 Å². The second-order valence-electron chi connectivity index (χ2n) is 7.24. The van der Waals surface area contributed by atoms with Crippen molar-refractivity contribution in [2.45, 2.75) is 19.3 Å². The van der Waals surface area contributed by atoms with E-state index < -0.39 is 0 Å². The molecular weight excluding hydrogens is 386 g/mol. The van der Waals surface area contributed by atoms with Gasteiger partial charge in [-0.25, -0.2) is 0 Å². The average molecular weight is 410 g/mol. The van der Waals surface area contributed by atoms with Crippen molar-refractivity contribution in [3.8, 4) is 0 Å². The Hall–Kier alpha value is -2.77. The highest BCUT2D eigenvalue weighted by Crippen LogP contribution is 2.22. The number of unbranched alkanes of at least 4 members (excludes halogenated alkanes) is 1. The number of thiazole rings is 1. The lowest BCUT2D eigenvalue weighted by atomic mass is 10.1. The average Bonchev–Trinajstić information content (AvgIpc) is 3.15. The number of nitrogens with zero attached hydrogens (tertiary/aromatic N) is 2. The molecule has 150 valence electrons. The van der Waals surface area contributed by atoms with Crippen LogP contribution in [0.25, 0.3) is 10.2 Å². The zero-order valence-electron chi connectivity index (χ0n) is 16.3. The lowest BCUT2D eigenvalue weighted by molar-refractivity contribution is 0.0655. The minimum absolute atomic E-state index is 0.0689. The molecule has 2 aromatic carbocycles. The summed E-state index contributed by atoms with van der Waals surface area (Å²) in [5, 5.41) is 3.32. The lowest BCUT2D eigenvalue weighted by Gasteiger charge is -2.14. The smallest absolute Gasteiger partial charge is 0.307 e. The number of aromatic nitrogens is 1. The molecule has 1 aliphatic heterocycles. The number of fused-ring (bicyclic) bond motifs is 2. The minimum atomic E-state index is -0.203. The molecule has 6 nitrogen and oxygen atoms in total. The maximum absolute atomic E-state index is 12.3. The van der Waals surface area contributed by atoms with Crippen molar-refractivity contribution in [2.75, 3.05) is 19.6 Å². The SMILES string of the molecule is Cn1c(=O)sc2cc(CCCCNCCN3C(=O)c4ccccc4C3=O)ccc21. The molecule has 3 aromatic rings. The quantitative estimate of drug-likeness (QED) is 0.459. The Morgan fingerprint density at radius 1 is 0.931 bits per heavy atom. The highest BCUT2D eigenvalue weighted by Gasteiger charge is 2.34. The summed E-state index contributed by atoms with van der Waals surface area (Å²) < 4.78 is 2.72. The van der Waals surface area contributed by atoms with Crippen molar-refractivity contribution >= 4 is 33.4 Å². The fourth-order valence-electron chi connectivity index (χ4n) is 3.67. The molecule has 0 bridgehead atoms. The normalized spacial score (nSPS) is 13.5. The highest BCUT2D eigenvalue weighted by molar-refractivity contribution is 7.16. The monoisotopic (exact) mass is 409 g/mol. The van der Waals surface area contributed by atoms with Gasteiger partial charge in [0.2, 0.25) is 0 Å². The summed E-state index contributed by atoms with van der Waals surface area (Å²) in [5.41, 5.74) is 3.22. The van der Waals surface area contributed by atoms with E-state index in [1.54, 1.807) is 35.9 Å². The predicted molar refractivity (Wildman–Crippen MR) is 115 cm³/mol. The summed E-state index contributed by atoms with van der Waals surface area (Å²) >= 11 is 1.29. The number of nitrogens with one attached hydrogen (secondary N) is 1. The molecule has 4 rings (SSSR count). The maximum atomic E-state index is 12.3. The van der Waals surface area contributed by atoms with Crippen molar-refractivity contribution in [3.05, 3.63) is 68.8 Å². The van der Waals surface area contributed by atoms with E-state index in [1.807, 2.05) is 6.07 Å². The maximum Gasteiger partial charge on any atom is 0.307 e. The number of benzene rings is 2. The van der Waals surface area contributed by atoms with E-state index in [9.17, 15) is 14.4 Å². The van der Waals surface area contributed by atoms with Crippen LogP contribution in [0.1, 0.15) is 39.1 Å². The number of imide groups is 1. The highest BCUT2D eigenvalue weighted by atomic mass is 32.1. The van der Waals surface area contributed by atoms with Gasteiger partial charge in [-0.05, 0) is 55.6 Å². The lowest BCUT2D eigenvalue weighted by Crippen LogP contribution is -2.36. The standard InChI is InChI=1S/C22H23N3O3S/c1-24-18-10-9-15(14-19(18)29-22(24)28)6-4-5-11-23-12-13-25-20(26)16-7-2-3-8-17(16)21(25)27/h2-3,7-10,14,23H,4-6,11-13H2,1H3. The first-order valence-corrected chi connectivity index (χ1v) is 10.6. The summed E-state index contributed by atoms with van der Waals surface area (Å²) in [6.45, 7) is 1.81. The zero-order valence-corrected chi connectivity index (χ0v) is 17.1. The van der Waals surface area contributed by atoms with E-state index in [-0.39, 0.29) is 16.7 Å². The Balaban J connectivity index is 1.18. The largest absolute Gasteiger partial charge is 0.315 e. The van der Waals surface area contributed by atoms with E-state index in [4.69, 9.17) is 0 Å². The molecule has 0 saturated heterocycles. The molecule has 0 saturated carbocycles. The molecule has 2 heterocycles. The van der Waals surface area contributed by atoms with Gasteiger partial charge in [0.25, 0.3) is 11.8 Å². The summed E-state index contributed by atoms with van der Waals surface area (Å²) in [6, 6.07) is 13.2. The fraction of sp³-hybridized carbons (Fsp3) is 0.318. The van der Waals surface area contributed by atoms with E-state index in [1.165, 1.54) is 21.8 Å². The Morgan fingerprint density at radius 3 is 2.38 bits per heavy atom. The van der Waals surface area contributed by atoms with Crippen LogP contribution in [0.2, 0.25) is 0 Å². The van der Waals surface area contributed by atoms with Crippen molar-refractivity contribution in [3.63, 3.8) is 0 Å². The van der Waals surface area contributed by atoms with Crippen LogP contribution >= 0.6 is 11.3 Å². The molecule has 0 spiro atoms. The van der Waals surface area contributed by atoms with Gasteiger partial charge >= 0.3 is 4.87 Å². The van der Waals surface area contributed by atoms with Crippen LogP contribution in [0.5, 0.6) is 0 Å². The molecule has 0 radical (unpaired) electrons. The number of carbonyl (C=O) groups excluding carboxylic acids is 2. The molecule has 29 heavy (non-hydrogen) atoms. The first-order valence-electron chi connectivity index (χ1n) is 9.80. The van der Waals surface area contributed by atoms with Gasteiger partial charge in [-0.2, -0.15) is 0 Å². The molecule has 0 aliphatic carbocycles. The van der Waals surface area contributed by atoms with Gasteiger partial charge in [-0.3, -0.25) is 19.3 Å². The van der Waals surface area contributed by atoms with Gasteiger partial charge in [0, 0.05) is 20.1 Å². The van der Waals surface area contributed by atoms with E-state index in [2.05, 4.69) is 17.4 Å². The van der Waals surface area contributed by atoms with Gasteiger partial charge in [0.05, 0.1) is 21.3 Å². The van der Waals surface area contributed by atoms with Gasteiger partial charge in [0.15, 0.2) is 0 Å². The van der Waals surface area contributed by atoms with Crippen molar-refractivity contribution in [1.29, 1.82) is 0 Å². The molecule has 0 atom stereocenters.